The third kappa shape index (κ3) is 4.77. The maximum absolute atomic E-state index is 12.9. The van der Waals surface area contributed by atoms with Gasteiger partial charge in [0.15, 0.2) is 0 Å². The van der Waals surface area contributed by atoms with E-state index in [4.69, 9.17) is 9.47 Å². The molecule has 2 heterocycles. The van der Waals surface area contributed by atoms with Gasteiger partial charge in [-0.2, -0.15) is 0 Å². The van der Waals surface area contributed by atoms with E-state index >= 15 is 0 Å². The van der Waals surface area contributed by atoms with Gasteiger partial charge in [-0.05, 0) is 37.6 Å². The Morgan fingerprint density at radius 1 is 1.09 bits per heavy atom. The van der Waals surface area contributed by atoms with Crippen molar-refractivity contribution >= 4 is 34.4 Å². The summed E-state index contributed by atoms with van der Waals surface area (Å²) in [5, 5.41) is 6.40. The van der Waals surface area contributed by atoms with Crippen molar-refractivity contribution in [2.45, 2.75) is 26.3 Å². The van der Waals surface area contributed by atoms with Crippen LogP contribution in [-0.4, -0.2) is 53.5 Å². The van der Waals surface area contributed by atoms with Gasteiger partial charge < -0.3 is 25.1 Å². The minimum absolute atomic E-state index is 0.331. The minimum atomic E-state index is -0.732. The lowest BCUT2D eigenvalue weighted by Gasteiger charge is -2.16. The van der Waals surface area contributed by atoms with E-state index in [1.807, 2.05) is 44.3 Å². The highest BCUT2D eigenvalue weighted by Gasteiger charge is 2.39. The van der Waals surface area contributed by atoms with Crippen LogP contribution in [0.4, 0.5) is 10.5 Å². The number of carbonyl (C=O) groups excluding carboxylic acids is 3. The van der Waals surface area contributed by atoms with E-state index < -0.39 is 30.4 Å². The number of fused-ring (bicyclic) bond motifs is 1. The Labute approximate surface area is 191 Å². The molecule has 0 aliphatic carbocycles. The van der Waals surface area contributed by atoms with Crippen LogP contribution in [0.15, 0.2) is 48.7 Å². The number of anilines is 1. The smallest absolute Gasteiger partial charge is 0.325 e. The molecule has 3 N–H and O–H groups in total. The predicted molar refractivity (Wildman–Crippen MR) is 123 cm³/mol. The molecule has 1 aromatic heterocycles. The van der Waals surface area contributed by atoms with Crippen LogP contribution in [0.1, 0.15) is 19.4 Å². The van der Waals surface area contributed by atoms with Crippen LogP contribution in [0.5, 0.6) is 11.5 Å². The summed E-state index contributed by atoms with van der Waals surface area (Å²) in [5.41, 5.74) is 2.29. The predicted octanol–water partition coefficient (Wildman–Crippen LogP) is 3.07. The first-order valence-corrected chi connectivity index (χ1v) is 10.9. The minimum Gasteiger partial charge on any atom is -0.494 e. The second-order valence-electron chi connectivity index (χ2n) is 7.56. The molecule has 1 aliphatic rings. The fourth-order valence-electron chi connectivity index (χ4n) is 3.86. The van der Waals surface area contributed by atoms with Gasteiger partial charge in [0.1, 0.15) is 24.1 Å². The van der Waals surface area contributed by atoms with Gasteiger partial charge in [0, 0.05) is 29.6 Å². The van der Waals surface area contributed by atoms with Crippen LogP contribution in [0.2, 0.25) is 0 Å². The van der Waals surface area contributed by atoms with Gasteiger partial charge >= 0.3 is 6.03 Å². The highest BCUT2D eigenvalue weighted by Crippen LogP contribution is 2.29. The molecule has 1 aliphatic heterocycles. The van der Waals surface area contributed by atoms with E-state index in [1.165, 1.54) is 0 Å². The van der Waals surface area contributed by atoms with Crippen LogP contribution in [0, 0.1) is 0 Å². The third-order valence-corrected chi connectivity index (χ3v) is 5.34. The lowest BCUT2D eigenvalue weighted by atomic mass is 10.1. The van der Waals surface area contributed by atoms with Crippen molar-refractivity contribution in [3.63, 3.8) is 0 Å². The number of H-pyrrole nitrogens is 1. The zero-order valence-electron chi connectivity index (χ0n) is 18.5. The monoisotopic (exact) mass is 450 g/mol. The number of aromatic amines is 1. The molecule has 1 fully saturated rings. The highest BCUT2D eigenvalue weighted by molar-refractivity contribution is 6.08. The van der Waals surface area contributed by atoms with Gasteiger partial charge in [-0.15, -0.1) is 0 Å². The quantitative estimate of drug-likeness (QED) is 0.434. The van der Waals surface area contributed by atoms with Crippen LogP contribution < -0.4 is 20.1 Å². The first kappa shape index (κ1) is 22.2. The Balaban J connectivity index is 1.43. The van der Waals surface area contributed by atoms with E-state index in [1.54, 1.807) is 18.2 Å². The van der Waals surface area contributed by atoms with E-state index in [0.717, 1.165) is 21.4 Å². The van der Waals surface area contributed by atoms with Gasteiger partial charge in [-0.25, -0.2) is 4.79 Å². The number of aromatic nitrogens is 1. The number of urea groups is 1. The molecular weight excluding hydrogens is 424 g/mol. The van der Waals surface area contributed by atoms with Crippen molar-refractivity contribution in [2.75, 3.05) is 25.1 Å². The number of amides is 4. The summed E-state index contributed by atoms with van der Waals surface area (Å²) < 4.78 is 11.0. The summed E-state index contributed by atoms with van der Waals surface area (Å²) >= 11 is 0. The van der Waals surface area contributed by atoms with Crippen molar-refractivity contribution in [3.05, 3.63) is 54.2 Å². The molecule has 0 radical (unpaired) electrons. The van der Waals surface area contributed by atoms with Gasteiger partial charge in [0.25, 0.3) is 5.91 Å². The van der Waals surface area contributed by atoms with Gasteiger partial charge in [-0.3, -0.25) is 14.5 Å². The third-order valence-electron chi connectivity index (χ3n) is 5.34. The standard InChI is InChI=1S/C24H26N4O5/c1-3-32-16-9-10-21(33-4-2)19(12-16)26-22(29)14-28-23(30)20(27-24(28)31)11-15-13-25-18-8-6-5-7-17(15)18/h5-10,12-13,20,25H,3-4,11,14H2,1-2H3,(H,26,29)(H,27,31)/t20-/m0/s1. The molecule has 3 aromatic rings. The molecule has 0 bridgehead atoms. The fourth-order valence-corrected chi connectivity index (χ4v) is 3.86. The lowest BCUT2D eigenvalue weighted by molar-refractivity contribution is -0.130. The van der Waals surface area contributed by atoms with Crippen LogP contribution >= 0.6 is 0 Å². The van der Waals surface area contributed by atoms with Crippen molar-refractivity contribution in [1.82, 2.24) is 15.2 Å². The SMILES string of the molecule is CCOc1ccc(OCC)c(NC(=O)CN2C(=O)N[C@@H](Cc3c[nH]c4ccccc34)C2=O)c1. The fraction of sp³-hybridized carbons (Fsp3) is 0.292. The molecule has 172 valence electrons. The number of imide groups is 1. The first-order chi connectivity index (χ1) is 16.0. The number of ether oxygens (including phenoxy) is 2. The van der Waals surface area contributed by atoms with E-state index in [0.29, 0.717) is 36.8 Å². The molecule has 4 amide bonds. The first-order valence-electron chi connectivity index (χ1n) is 10.9. The molecule has 1 atom stereocenters. The van der Waals surface area contributed by atoms with Crippen molar-refractivity contribution in [3.8, 4) is 11.5 Å². The van der Waals surface area contributed by atoms with Crippen molar-refractivity contribution in [2.24, 2.45) is 0 Å². The number of nitrogens with zero attached hydrogens (tertiary/aromatic N) is 1. The number of hydrogen-bond donors (Lipinski definition) is 3. The Morgan fingerprint density at radius 3 is 2.67 bits per heavy atom. The van der Waals surface area contributed by atoms with Crippen LogP contribution in [0.25, 0.3) is 10.9 Å². The number of carbonyl (C=O) groups is 3. The second-order valence-corrected chi connectivity index (χ2v) is 7.56. The number of nitrogens with one attached hydrogen (secondary N) is 3. The second kappa shape index (κ2) is 9.64. The normalized spacial score (nSPS) is 15.6. The topological polar surface area (TPSA) is 113 Å². The molecule has 0 spiro atoms. The Bertz CT molecular complexity index is 1190. The van der Waals surface area contributed by atoms with E-state index in [9.17, 15) is 14.4 Å². The maximum Gasteiger partial charge on any atom is 0.325 e. The molecule has 33 heavy (non-hydrogen) atoms. The van der Waals surface area contributed by atoms with Crippen molar-refractivity contribution < 1.29 is 23.9 Å². The number of hydrogen-bond acceptors (Lipinski definition) is 5. The van der Waals surface area contributed by atoms with E-state index in [-0.39, 0.29) is 0 Å². The van der Waals surface area contributed by atoms with E-state index in [2.05, 4.69) is 15.6 Å². The summed E-state index contributed by atoms with van der Waals surface area (Å²) in [5.74, 6) is 0.100. The maximum atomic E-state index is 12.9. The molecule has 4 rings (SSSR count). The molecule has 0 saturated carbocycles. The number of para-hydroxylation sites is 1. The average Bonchev–Trinajstić information content (AvgIpc) is 3.32. The van der Waals surface area contributed by atoms with Crippen molar-refractivity contribution in [1.29, 1.82) is 0 Å². The highest BCUT2D eigenvalue weighted by atomic mass is 16.5. The number of rotatable bonds is 9. The number of benzene rings is 2. The van der Waals surface area contributed by atoms with Crippen LogP contribution in [-0.2, 0) is 16.0 Å². The molecule has 9 heteroatoms. The Kier molecular flexibility index (Phi) is 6.48. The Morgan fingerprint density at radius 2 is 1.88 bits per heavy atom. The lowest BCUT2D eigenvalue weighted by Crippen LogP contribution is -2.38. The molecule has 2 aromatic carbocycles. The van der Waals surface area contributed by atoms with Gasteiger partial charge in [-0.1, -0.05) is 18.2 Å². The molecular formula is C24H26N4O5. The molecule has 9 nitrogen and oxygen atoms in total. The van der Waals surface area contributed by atoms with Crippen LogP contribution in [0.3, 0.4) is 0 Å². The van der Waals surface area contributed by atoms with Gasteiger partial charge in [0.2, 0.25) is 5.91 Å². The average molecular weight is 450 g/mol. The summed E-state index contributed by atoms with van der Waals surface area (Å²) in [6, 6.07) is 11.5. The Hall–Kier alpha value is -4.01. The zero-order valence-corrected chi connectivity index (χ0v) is 18.5. The summed E-state index contributed by atoms with van der Waals surface area (Å²) in [6.07, 6.45) is 2.16. The molecule has 0 unspecified atom stereocenters. The largest absolute Gasteiger partial charge is 0.494 e. The van der Waals surface area contributed by atoms with Gasteiger partial charge in [0.05, 0.1) is 18.9 Å². The summed E-state index contributed by atoms with van der Waals surface area (Å²) in [4.78, 5) is 42.1. The molecule has 1 saturated heterocycles. The summed E-state index contributed by atoms with van der Waals surface area (Å²) in [7, 11) is 0. The zero-order chi connectivity index (χ0) is 23.4. The summed E-state index contributed by atoms with van der Waals surface area (Å²) in [6.45, 7) is 4.18.